The molecule has 1 nitrogen and oxygen atoms in total. The lowest BCUT2D eigenvalue weighted by atomic mass is 10.0. The summed E-state index contributed by atoms with van der Waals surface area (Å²) in [5.41, 5.74) is 5.45. The summed E-state index contributed by atoms with van der Waals surface area (Å²) in [6.45, 7) is 9.32. The molecule has 0 radical (unpaired) electrons. The van der Waals surface area contributed by atoms with Gasteiger partial charge in [-0.2, -0.15) is 0 Å². The second kappa shape index (κ2) is 20.0. The summed E-state index contributed by atoms with van der Waals surface area (Å²) in [6, 6.07) is 60.4. The fraction of sp³-hybridized carbons (Fsp3) is 0.250. The third-order valence-electron chi connectivity index (χ3n) is 10.1. The zero-order valence-electron chi connectivity index (χ0n) is 32.2. The molecule has 284 valence electrons. The molecule has 0 bridgehead atoms. The minimum Gasteiger partial charge on any atom is -0.457 e. The van der Waals surface area contributed by atoms with Gasteiger partial charge in [-0.25, -0.2) is 0 Å². The number of rotatable bonds is 18. The highest BCUT2D eigenvalue weighted by molar-refractivity contribution is 8.71. The molecule has 7 heteroatoms. The first-order chi connectivity index (χ1) is 26.6. The molecule has 0 saturated heterocycles. The van der Waals surface area contributed by atoms with Crippen LogP contribution in [-0.4, -0.2) is 24.6 Å². The maximum absolute atomic E-state index is 6.65. The third kappa shape index (κ3) is 12.6. The molecular formula is C48H52OP2S4. The molecule has 0 aliphatic carbocycles. The minimum atomic E-state index is -1.84. The monoisotopic (exact) mass is 834 g/mol. The van der Waals surface area contributed by atoms with Gasteiger partial charge in [0, 0.05) is 20.3 Å². The fourth-order valence-corrected chi connectivity index (χ4v) is 24.1. The molecule has 0 amide bonds. The standard InChI is InChI=1S/C48H52OP2S4/c1-37(41-17-9-5-10-18-41)33-50(52,34-38(2)42-19-11-6-12-20-42)54-47-29-25-45(26-30-47)49-46-27-31-48(32-28-46)55-51(53,35-39(3)43-21-13-7-14-22-43)36-40(4)44-23-15-8-16-24-44/h5-32,37-40H,33-36H2,1-4H3. The number of hydrogen-bond acceptors (Lipinski definition) is 5. The van der Waals surface area contributed by atoms with Crippen molar-refractivity contribution >= 4 is 56.9 Å². The van der Waals surface area contributed by atoms with E-state index in [2.05, 4.69) is 198 Å². The Morgan fingerprint density at radius 2 is 0.618 bits per heavy atom. The minimum absolute atomic E-state index is 0.402. The van der Waals surface area contributed by atoms with Gasteiger partial charge >= 0.3 is 0 Å². The summed E-state index contributed by atoms with van der Waals surface area (Å²) >= 11 is 17.2. The number of benzene rings is 6. The van der Waals surface area contributed by atoms with E-state index in [-0.39, 0.29) is 0 Å². The van der Waals surface area contributed by atoms with Crippen LogP contribution in [0.25, 0.3) is 0 Å². The van der Waals surface area contributed by atoms with E-state index in [1.54, 1.807) is 0 Å². The molecule has 0 aromatic heterocycles. The Hall–Kier alpha value is -2.88. The quantitative estimate of drug-likeness (QED) is 0.0795. The van der Waals surface area contributed by atoms with E-state index in [0.717, 1.165) is 36.1 Å². The summed E-state index contributed by atoms with van der Waals surface area (Å²) in [6.07, 6.45) is 4.06. The van der Waals surface area contributed by atoms with Crippen molar-refractivity contribution in [3.05, 3.63) is 192 Å². The molecule has 0 N–H and O–H groups in total. The van der Waals surface area contributed by atoms with Gasteiger partial charge in [0.25, 0.3) is 0 Å². The van der Waals surface area contributed by atoms with E-state index in [4.69, 9.17) is 28.4 Å². The van der Waals surface area contributed by atoms with Crippen molar-refractivity contribution in [1.29, 1.82) is 0 Å². The van der Waals surface area contributed by atoms with E-state index in [9.17, 15) is 0 Å². The zero-order valence-corrected chi connectivity index (χ0v) is 37.3. The Bertz CT molecular complexity index is 1890. The van der Waals surface area contributed by atoms with Crippen LogP contribution in [0.5, 0.6) is 11.5 Å². The molecule has 4 atom stereocenters. The van der Waals surface area contributed by atoms with Crippen LogP contribution in [0.1, 0.15) is 73.6 Å². The van der Waals surface area contributed by atoms with Crippen LogP contribution in [0, 0.1) is 0 Å². The fourth-order valence-electron chi connectivity index (χ4n) is 7.17. The van der Waals surface area contributed by atoms with E-state index in [1.807, 2.05) is 22.8 Å². The Labute approximate surface area is 348 Å². The van der Waals surface area contributed by atoms with Gasteiger partial charge in [-0.3, -0.25) is 0 Å². The van der Waals surface area contributed by atoms with Crippen molar-refractivity contribution < 1.29 is 4.74 Å². The molecule has 0 heterocycles. The summed E-state index contributed by atoms with van der Waals surface area (Å²) in [5.74, 6) is 3.26. The number of hydrogen-bond donors (Lipinski definition) is 0. The summed E-state index contributed by atoms with van der Waals surface area (Å²) in [7, 11) is 0. The highest BCUT2D eigenvalue weighted by atomic mass is 32.9. The first kappa shape index (κ1) is 41.7. The first-order valence-corrected chi connectivity index (χ1v) is 28.4. The van der Waals surface area contributed by atoms with Gasteiger partial charge in [-0.05, 0) is 119 Å². The summed E-state index contributed by atoms with van der Waals surface area (Å²) in [4.78, 5) is 2.42. The van der Waals surface area contributed by atoms with E-state index < -0.39 is 10.5 Å². The van der Waals surface area contributed by atoms with Gasteiger partial charge in [0.05, 0.1) is 0 Å². The molecule has 6 aromatic rings. The molecule has 0 saturated carbocycles. The van der Waals surface area contributed by atoms with Crippen molar-refractivity contribution in [2.45, 2.75) is 61.2 Å². The molecule has 0 spiro atoms. The molecule has 6 rings (SSSR count). The van der Waals surface area contributed by atoms with Crippen molar-refractivity contribution in [3.8, 4) is 11.5 Å². The lowest BCUT2D eigenvalue weighted by molar-refractivity contribution is 0.482. The largest absolute Gasteiger partial charge is 0.457 e. The van der Waals surface area contributed by atoms with Crippen LogP contribution in [0.15, 0.2) is 180 Å². The van der Waals surface area contributed by atoms with Crippen LogP contribution in [-0.2, 0) is 23.6 Å². The average Bonchev–Trinajstić information content (AvgIpc) is 3.20. The van der Waals surface area contributed by atoms with Crippen LogP contribution in [0.2, 0.25) is 0 Å². The van der Waals surface area contributed by atoms with Gasteiger partial charge in [-0.1, -0.05) is 195 Å². The highest BCUT2D eigenvalue weighted by Crippen LogP contribution is 2.66. The van der Waals surface area contributed by atoms with Crippen LogP contribution in [0.3, 0.4) is 0 Å². The normalized spacial score (nSPS) is 15.9. The lowest BCUT2D eigenvalue weighted by Crippen LogP contribution is -2.06. The van der Waals surface area contributed by atoms with Crippen LogP contribution in [0.4, 0.5) is 0 Å². The second-order valence-corrected chi connectivity index (χ2v) is 31.7. The van der Waals surface area contributed by atoms with Crippen LogP contribution >= 0.6 is 33.2 Å². The Kier molecular flexibility index (Phi) is 15.2. The molecule has 4 unspecified atom stereocenters. The van der Waals surface area contributed by atoms with Crippen molar-refractivity contribution in [3.63, 3.8) is 0 Å². The van der Waals surface area contributed by atoms with Gasteiger partial charge in [0.15, 0.2) is 0 Å². The topological polar surface area (TPSA) is 9.23 Å². The Morgan fingerprint density at radius 1 is 0.382 bits per heavy atom. The summed E-state index contributed by atoms with van der Waals surface area (Å²) < 4.78 is 6.39. The van der Waals surface area contributed by atoms with Gasteiger partial charge in [0.2, 0.25) is 0 Å². The van der Waals surface area contributed by atoms with Crippen molar-refractivity contribution in [1.82, 2.24) is 0 Å². The average molecular weight is 835 g/mol. The van der Waals surface area contributed by atoms with E-state index in [1.165, 1.54) is 32.0 Å². The Morgan fingerprint density at radius 3 is 0.855 bits per heavy atom. The van der Waals surface area contributed by atoms with E-state index in [0.29, 0.717) is 23.7 Å². The van der Waals surface area contributed by atoms with Gasteiger partial charge in [-0.15, -0.1) is 0 Å². The predicted molar refractivity (Wildman–Crippen MR) is 252 cm³/mol. The lowest BCUT2D eigenvalue weighted by Gasteiger charge is -2.28. The molecule has 6 aromatic carbocycles. The second-order valence-electron chi connectivity index (χ2n) is 14.8. The molecular weight excluding hydrogens is 783 g/mol. The van der Waals surface area contributed by atoms with Gasteiger partial charge in [0.1, 0.15) is 11.5 Å². The van der Waals surface area contributed by atoms with Crippen molar-refractivity contribution in [2.24, 2.45) is 0 Å². The number of ether oxygens (including phenoxy) is 1. The Balaban J connectivity index is 1.13. The molecule has 0 fully saturated rings. The zero-order chi connectivity index (χ0) is 38.7. The maximum atomic E-state index is 6.65. The first-order valence-electron chi connectivity index (χ1n) is 19.2. The SMILES string of the molecule is CC(CP(=S)(CC(C)c1ccccc1)Sc1ccc(Oc2ccc(SP(=S)(CC(C)c3ccccc3)CC(C)c3ccccc3)cc2)cc1)c1ccccc1. The highest BCUT2D eigenvalue weighted by Gasteiger charge is 2.27. The van der Waals surface area contributed by atoms with E-state index >= 15 is 0 Å². The van der Waals surface area contributed by atoms with Crippen LogP contribution < -0.4 is 4.74 Å². The van der Waals surface area contributed by atoms with Crippen molar-refractivity contribution in [2.75, 3.05) is 24.6 Å². The molecule has 55 heavy (non-hydrogen) atoms. The van der Waals surface area contributed by atoms with Gasteiger partial charge < -0.3 is 4.74 Å². The maximum Gasteiger partial charge on any atom is 0.127 e. The predicted octanol–water partition coefficient (Wildman–Crippen LogP) is 15.7. The smallest absolute Gasteiger partial charge is 0.127 e. The summed E-state index contributed by atoms with van der Waals surface area (Å²) in [5, 5.41) is -3.68. The molecule has 0 aliphatic rings. The molecule has 0 aliphatic heterocycles. The third-order valence-corrected chi connectivity index (χ3v) is 24.3.